The third-order valence-electron chi connectivity index (χ3n) is 10.6. The number of hydrogen-bond acceptors (Lipinski definition) is 0. The van der Waals surface area contributed by atoms with Crippen LogP contribution in [0.3, 0.4) is 0 Å². The van der Waals surface area contributed by atoms with E-state index in [9.17, 15) is 0 Å². The monoisotopic (exact) mass is 569 g/mol. The SMILES string of the molecule is C[SiH](C)[Ti]([CH2]c1ccccc1)([CH2]c1ccccc1)([CH]1C=Cc2ccccc21)[CH]1c2ccccc2-c2ccccc21. The summed E-state index contributed by atoms with van der Waals surface area (Å²) in [4.78, 5) is 0. The van der Waals surface area contributed by atoms with E-state index in [1.165, 1.54) is 37.3 Å². The average Bonchev–Trinajstić information content (AvgIpc) is 3.59. The molecule has 197 valence electrons. The van der Waals surface area contributed by atoms with Crippen LogP contribution in [0.4, 0.5) is 0 Å². The van der Waals surface area contributed by atoms with Gasteiger partial charge >= 0.3 is 242 Å². The summed E-state index contributed by atoms with van der Waals surface area (Å²) in [6.07, 6.45) is 5.13. The molecule has 0 N–H and O–H groups in total. The van der Waals surface area contributed by atoms with E-state index in [1.54, 1.807) is 16.7 Å². The third kappa shape index (κ3) is 3.75. The van der Waals surface area contributed by atoms with E-state index >= 15 is 0 Å². The Morgan fingerprint density at radius 1 is 0.525 bits per heavy atom. The number of fused-ring (bicyclic) bond motifs is 4. The van der Waals surface area contributed by atoms with E-state index in [1.807, 2.05) is 0 Å². The zero-order chi connectivity index (χ0) is 27.2. The van der Waals surface area contributed by atoms with Crippen LogP contribution in [0.5, 0.6) is 0 Å². The Morgan fingerprint density at radius 2 is 0.975 bits per heavy atom. The van der Waals surface area contributed by atoms with Gasteiger partial charge in [0.15, 0.2) is 0 Å². The molecular weight excluding hydrogens is 532 g/mol. The summed E-state index contributed by atoms with van der Waals surface area (Å²) in [5.74, 6) is 0. The van der Waals surface area contributed by atoms with Gasteiger partial charge in [0, 0.05) is 0 Å². The van der Waals surface area contributed by atoms with Crippen molar-refractivity contribution in [3.63, 3.8) is 0 Å². The van der Waals surface area contributed by atoms with Crippen molar-refractivity contribution in [1.29, 1.82) is 0 Å². The molecule has 1 atom stereocenters. The van der Waals surface area contributed by atoms with Crippen molar-refractivity contribution in [3.05, 3.63) is 173 Å². The predicted octanol–water partition coefficient (Wildman–Crippen LogP) is 9.60. The summed E-state index contributed by atoms with van der Waals surface area (Å²) in [7, 11) is 0. The molecule has 0 aliphatic heterocycles. The topological polar surface area (TPSA) is 0 Å². The molecule has 0 spiro atoms. The van der Waals surface area contributed by atoms with Crippen LogP contribution in [-0.2, 0) is 24.0 Å². The standard InChI is InChI=1S/C13H9.C9H7.2C7H7.C2H7Si.Ti/c1-3-7-12-10(5-1)9-11-6-2-4-8-13(11)12;1-2-5-9-7-3-6-8(9)4-1;2*1-7-5-3-2-4-6-7;1-3-2;/h1-9H;1-7H;2*2-6H,1H2;3H,1-2H3;. The first-order valence-electron chi connectivity index (χ1n) is 14.8. The Balaban J connectivity index is 1.64. The van der Waals surface area contributed by atoms with E-state index < -0.39 is 21.2 Å². The first-order valence-corrected chi connectivity index (χ1v) is 24.4. The van der Waals surface area contributed by atoms with Gasteiger partial charge in [0.25, 0.3) is 0 Å². The van der Waals surface area contributed by atoms with Crippen molar-refractivity contribution in [2.24, 2.45) is 0 Å². The van der Waals surface area contributed by atoms with Gasteiger partial charge in [-0.1, -0.05) is 0 Å². The molecular formula is C38H37SiTi. The van der Waals surface area contributed by atoms with Crippen LogP contribution in [0.1, 0.15) is 41.8 Å². The molecule has 0 aromatic heterocycles. The van der Waals surface area contributed by atoms with Crippen LogP contribution in [0.15, 0.2) is 140 Å². The fraction of sp³-hybridized carbons (Fsp3) is 0.158. The maximum atomic E-state index is 2.72. The van der Waals surface area contributed by atoms with Crippen LogP contribution >= 0.6 is 0 Å². The van der Waals surface area contributed by atoms with Gasteiger partial charge in [-0.15, -0.1) is 0 Å². The molecule has 2 aliphatic carbocycles. The number of hydrogen-bond donors (Lipinski definition) is 0. The molecule has 40 heavy (non-hydrogen) atoms. The molecule has 5 aromatic carbocycles. The van der Waals surface area contributed by atoms with E-state index in [2.05, 4.69) is 159 Å². The van der Waals surface area contributed by atoms with Crippen molar-refractivity contribution in [3.8, 4) is 11.1 Å². The molecule has 0 heterocycles. The van der Waals surface area contributed by atoms with Crippen LogP contribution in [0, 0.1) is 0 Å². The fourth-order valence-corrected chi connectivity index (χ4v) is 37.7. The molecule has 1 unspecified atom stereocenters. The van der Waals surface area contributed by atoms with Gasteiger partial charge in [0.1, 0.15) is 0 Å². The quantitative estimate of drug-likeness (QED) is 0.171. The molecule has 0 fully saturated rings. The van der Waals surface area contributed by atoms with Crippen molar-refractivity contribution >= 4 is 12.7 Å². The average molecular weight is 570 g/mol. The second-order valence-corrected chi connectivity index (χ2v) is 35.5. The predicted molar refractivity (Wildman–Crippen MR) is 171 cm³/mol. The van der Waals surface area contributed by atoms with Crippen LogP contribution < -0.4 is 0 Å². The molecule has 0 bridgehead atoms. The molecule has 2 aliphatic rings. The van der Waals surface area contributed by atoms with Crippen molar-refractivity contribution < 1.29 is 14.6 Å². The van der Waals surface area contributed by atoms with Gasteiger partial charge in [-0.3, -0.25) is 0 Å². The van der Waals surface area contributed by atoms with Gasteiger partial charge in [-0.2, -0.15) is 0 Å². The number of allylic oxidation sites excluding steroid dienone is 1. The summed E-state index contributed by atoms with van der Waals surface area (Å²) in [6, 6.07) is 51.2. The summed E-state index contributed by atoms with van der Waals surface area (Å²) in [6.45, 7) is 4.11. The van der Waals surface area contributed by atoms with Gasteiger partial charge in [0.05, 0.1) is 0 Å². The van der Waals surface area contributed by atoms with Crippen molar-refractivity contribution in [2.45, 2.75) is 31.0 Å². The van der Waals surface area contributed by atoms with E-state index in [0.717, 1.165) is 0 Å². The molecule has 0 nitrogen and oxygen atoms in total. The third-order valence-corrected chi connectivity index (χ3v) is 42.6. The zero-order valence-corrected chi connectivity index (χ0v) is 26.2. The Bertz CT molecular complexity index is 1620. The Kier molecular flexibility index (Phi) is 6.43. The second kappa shape index (κ2) is 10.00. The van der Waals surface area contributed by atoms with Gasteiger partial charge < -0.3 is 0 Å². The van der Waals surface area contributed by atoms with Crippen molar-refractivity contribution in [1.82, 2.24) is 0 Å². The molecule has 0 amide bonds. The fourth-order valence-electron chi connectivity index (χ4n) is 8.80. The normalized spacial score (nSPS) is 16.8. The Hall–Kier alpha value is -3.23. The van der Waals surface area contributed by atoms with Crippen LogP contribution in [0.2, 0.25) is 13.1 Å². The van der Waals surface area contributed by atoms with E-state index in [0.29, 0.717) is 8.45 Å². The summed E-state index contributed by atoms with van der Waals surface area (Å²) in [5.41, 5.74) is 12.2. The Morgan fingerprint density at radius 3 is 1.50 bits per heavy atom. The van der Waals surface area contributed by atoms with E-state index in [4.69, 9.17) is 0 Å². The zero-order valence-electron chi connectivity index (χ0n) is 23.5. The number of rotatable bonds is 7. The van der Waals surface area contributed by atoms with Gasteiger partial charge in [-0.25, -0.2) is 0 Å². The molecule has 0 saturated heterocycles. The molecule has 0 saturated carbocycles. The molecule has 5 aromatic rings. The summed E-state index contributed by atoms with van der Waals surface area (Å²) < 4.78 is 3.42. The van der Waals surface area contributed by atoms with Crippen molar-refractivity contribution in [2.75, 3.05) is 0 Å². The molecule has 0 radical (unpaired) electrons. The summed E-state index contributed by atoms with van der Waals surface area (Å²) in [5, 5.41) is 0. The minimum atomic E-state index is -3.85. The van der Waals surface area contributed by atoms with Crippen LogP contribution in [0.25, 0.3) is 17.2 Å². The molecule has 7 rings (SSSR count). The van der Waals surface area contributed by atoms with Crippen LogP contribution in [-0.4, -0.2) is 6.66 Å². The minimum absolute atomic E-state index is 0.470. The second-order valence-electron chi connectivity index (χ2n) is 12.5. The first kappa shape index (κ1) is 25.7. The maximum absolute atomic E-state index is 3.85. The first-order chi connectivity index (χ1) is 19.6. The number of benzene rings is 5. The molecule has 2 heteroatoms. The Labute approximate surface area is 241 Å². The van der Waals surface area contributed by atoms with Gasteiger partial charge in [0.2, 0.25) is 0 Å². The van der Waals surface area contributed by atoms with Gasteiger partial charge in [-0.05, 0) is 0 Å². The van der Waals surface area contributed by atoms with E-state index in [-0.39, 0.29) is 0 Å². The summed E-state index contributed by atoms with van der Waals surface area (Å²) >= 11 is -3.85.